The summed E-state index contributed by atoms with van der Waals surface area (Å²) >= 11 is 6.57. The Bertz CT molecular complexity index is 934. The van der Waals surface area contributed by atoms with Gasteiger partial charge in [0.05, 0.1) is 30.1 Å². The Morgan fingerprint density at radius 2 is 2.17 bits per heavy atom. The molecule has 0 fully saturated rings. The highest BCUT2D eigenvalue weighted by molar-refractivity contribution is 6.35. The number of benzene rings is 1. The van der Waals surface area contributed by atoms with Crippen molar-refractivity contribution in [3.8, 4) is 22.9 Å². The Morgan fingerprint density at radius 3 is 2.83 bits per heavy atom. The van der Waals surface area contributed by atoms with Crippen LogP contribution >= 0.6 is 11.6 Å². The van der Waals surface area contributed by atoms with E-state index in [4.69, 9.17) is 26.8 Å². The number of rotatable bonds is 8. The summed E-state index contributed by atoms with van der Waals surface area (Å²) in [6.07, 6.45) is 2.13. The van der Waals surface area contributed by atoms with Gasteiger partial charge in [0, 0.05) is 31.3 Å². The molecule has 1 aromatic heterocycles. The van der Waals surface area contributed by atoms with Crippen molar-refractivity contribution in [3.05, 3.63) is 35.1 Å². The monoisotopic (exact) mass is 417 g/mol. The molecule has 1 atom stereocenters. The van der Waals surface area contributed by atoms with Gasteiger partial charge in [-0.25, -0.2) is 9.97 Å². The Balaban J connectivity index is 1.98. The van der Waals surface area contributed by atoms with E-state index in [1.165, 1.54) is 0 Å². The van der Waals surface area contributed by atoms with Crippen LogP contribution in [0.1, 0.15) is 26.0 Å². The standard InChI is InChI=1S/C20H24ClN5O3/c1-4-29-19-17(28-3)6-5-13(18(19)21)20-23-9-7-14(24-20)15-11-16(12(2)27)26(25-15)10-8-22/h5-7,9,16H,4,8,10-11,22H2,1-3H3. The Labute approximate surface area is 174 Å². The molecule has 1 aromatic carbocycles. The van der Waals surface area contributed by atoms with Crippen molar-refractivity contribution in [3.63, 3.8) is 0 Å². The van der Waals surface area contributed by atoms with Crippen LogP contribution in [0.4, 0.5) is 0 Å². The van der Waals surface area contributed by atoms with Crippen molar-refractivity contribution >= 4 is 23.1 Å². The SMILES string of the molecule is CCOc1c(OC)ccc(-c2nccc(C3=NN(CCN)C(C(C)=O)C3)n2)c1Cl. The topological polar surface area (TPSA) is 103 Å². The molecule has 0 saturated heterocycles. The molecule has 154 valence electrons. The molecule has 0 amide bonds. The second-order valence-electron chi connectivity index (χ2n) is 6.49. The lowest BCUT2D eigenvalue weighted by Crippen LogP contribution is -2.36. The summed E-state index contributed by atoms with van der Waals surface area (Å²) in [5.41, 5.74) is 7.64. The van der Waals surface area contributed by atoms with Crippen molar-refractivity contribution in [2.24, 2.45) is 10.8 Å². The van der Waals surface area contributed by atoms with Gasteiger partial charge < -0.3 is 15.2 Å². The van der Waals surface area contributed by atoms with Gasteiger partial charge in [-0.15, -0.1) is 0 Å². The number of hydrogen-bond donors (Lipinski definition) is 1. The highest BCUT2D eigenvalue weighted by Crippen LogP contribution is 2.41. The largest absolute Gasteiger partial charge is 0.493 e. The summed E-state index contributed by atoms with van der Waals surface area (Å²) in [7, 11) is 1.56. The zero-order valence-electron chi connectivity index (χ0n) is 16.7. The second-order valence-corrected chi connectivity index (χ2v) is 6.86. The third-order valence-corrected chi connectivity index (χ3v) is 4.96. The molecule has 8 nitrogen and oxygen atoms in total. The number of ether oxygens (including phenoxy) is 2. The van der Waals surface area contributed by atoms with E-state index in [1.807, 2.05) is 6.92 Å². The fourth-order valence-corrected chi connectivity index (χ4v) is 3.50. The number of aromatic nitrogens is 2. The van der Waals surface area contributed by atoms with Crippen molar-refractivity contribution in [1.82, 2.24) is 15.0 Å². The zero-order chi connectivity index (χ0) is 21.0. The van der Waals surface area contributed by atoms with E-state index in [2.05, 4.69) is 15.1 Å². The molecule has 29 heavy (non-hydrogen) atoms. The first-order valence-corrected chi connectivity index (χ1v) is 9.75. The third-order valence-electron chi connectivity index (χ3n) is 4.58. The molecule has 2 N–H and O–H groups in total. The predicted octanol–water partition coefficient (Wildman–Crippen LogP) is 2.53. The fraction of sp³-hybridized carbons (Fsp3) is 0.400. The number of ketones is 1. The van der Waals surface area contributed by atoms with Crippen LogP contribution in [0.5, 0.6) is 11.5 Å². The van der Waals surface area contributed by atoms with Crippen molar-refractivity contribution in [2.75, 3.05) is 26.8 Å². The van der Waals surface area contributed by atoms with Gasteiger partial charge in [-0.05, 0) is 32.0 Å². The number of Topliss-reactive ketones (excluding diaryl/α,β-unsaturated/α-hetero) is 1. The van der Waals surface area contributed by atoms with E-state index in [-0.39, 0.29) is 11.8 Å². The van der Waals surface area contributed by atoms with Crippen LogP contribution in [0.25, 0.3) is 11.4 Å². The van der Waals surface area contributed by atoms with Crippen LogP contribution in [-0.2, 0) is 4.79 Å². The lowest BCUT2D eigenvalue weighted by Gasteiger charge is -2.19. The van der Waals surface area contributed by atoms with Gasteiger partial charge in [-0.2, -0.15) is 5.10 Å². The van der Waals surface area contributed by atoms with Crippen LogP contribution in [0, 0.1) is 0 Å². The fourth-order valence-electron chi connectivity index (χ4n) is 3.20. The molecular weight excluding hydrogens is 394 g/mol. The van der Waals surface area contributed by atoms with E-state index in [0.29, 0.717) is 59.7 Å². The summed E-state index contributed by atoms with van der Waals surface area (Å²) < 4.78 is 11.0. The Morgan fingerprint density at radius 1 is 1.38 bits per heavy atom. The molecule has 1 aliphatic heterocycles. The molecule has 9 heteroatoms. The highest BCUT2D eigenvalue weighted by Gasteiger charge is 2.31. The first-order valence-electron chi connectivity index (χ1n) is 9.37. The van der Waals surface area contributed by atoms with Crippen LogP contribution in [0.3, 0.4) is 0 Å². The summed E-state index contributed by atoms with van der Waals surface area (Å²) in [6.45, 7) is 4.80. The lowest BCUT2D eigenvalue weighted by atomic mass is 10.1. The predicted molar refractivity (Wildman–Crippen MR) is 112 cm³/mol. The minimum Gasteiger partial charge on any atom is -0.493 e. The van der Waals surface area contributed by atoms with Crippen molar-refractivity contribution < 1.29 is 14.3 Å². The van der Waals surface area contributed by atoms with Crippen molar-refractivity contribution in [2.45, 2.75) is 26.3 Å². The summed E-state index contributed by atoms with van der Waals surface area (Å²) in [5, 5.41) is 6.67. The van der Waals surface area contributed by atoms with Gasteiger partial charge in [0.25, 0.3) is 0 Å². The Kier molecular flexibility index (Phi) is 6.66. The molecule has 0 spiro atoms. The summed E-state index contributed by atoms with van der Waals surface area (Å²) in [5.74, 6) is 1.48. The van der Waals surface area contributed by atoms with Gasteiger partial charge in [-0.3, -0.25) is 9.80 Å². The molecule has 0 saturated carbocycles. The van der Waals surface area contributed by atoms with Crippen LogP contribution in [0.15, 0.2) is 29.5 Å². The normalized spacial score (nSPS) is 16.0. The van der Waals surface area contributed by atoms with Crippen molar-refractivity contribution in [1.29, 1.82) is 0 Å². The van der Waals surface area contributed by atoms with Gasteiger partial charge in [0.2, 0.25) is 0 Å². The van der Waals surface area contributed by atoms with E-state index in [0.717, 1.165) is 5.71 Å². The number of carbonyl (C=O) groups is 1. The quantitative estimate of drug-likeness (QED) is 0.703. The highest BCUT2D eigenvalue weighted by atomic mass is 35.5. The molecule has 1 unspecified atom stereocenters. The maximum atomic E-state index is 12.0. The lowest BCUT2D eigenvalue weighted by molar-refractivity contribution is -0.121. The first kappa shape index (κ1) is 21.0. The van der Waals surface area contributed by atoms with Gasteiger partial charge in [0.1, 0.15) is 6.04 Å². The maximum Gasteiger partial charge on any atom is 0.180 e. The van der Waals surface area contributed by atoms with E-state index in [9.17, 15) is 4.79 Å². The van der Waals surface area contributed by atoms with Gasteiger partial charge >= 0.3 is 0 Å². The number of nitrogens with zero attached hydrogens (tertiary/aromatic N) is 4. The zero-order valence-corrected chi connectivity index (χ0v) is 17.4. The molecular formula is C20H24ClN5O3. The van der Waals surface area contributed by atoms with E-state index >= 15 is 0 Å². The average Bonchev–Trinajstić information content (AvgIpc) is 3.14. The number of nitrogens with two attached hydrogens (primary N) is 1. The number of methoxy groups -OCH3 is 1. The number of carbonyl (C=O) groups excluding carboxylic acids is 1. The second kappa shape index (κ2) is 9.19. The molecule has 3 rings (SSSR count). The number of hydrazone groups is 1. The van der Waals surface area contributed by atoms with Gasteiger partial charge in [-0.1, -0.05) is 11.6 Å². The number of hydrogen-bond acceptors (Lipinski definition) is 8. The summed E-state index contributed by atoms with van der Waals surface area (Å²) in [6, 6.07) is 5.01. The maximum absolute atomic E-state index is 12.0. The molecule has 0 aliphatic carbocycles. The molecule has 1 aliphatic rings. The molecule has 2 aromatic rings. The minimum atomic E-state index is -0.318. The van der Waals surface area contributed by atoms with Crippen LogP contribution in [-0.4, -0.2) is 59.3 Å². The Hall–Kier alpha value is -2.71. The third kappa shape index (κ3) is 4.33. The minimum absolute atomic E-state index is 0.0473. The van der Waals surface area contributed by atoms with Crippen LogP contribution in [0.2, 0.25) is 5.02 Å². The number of halogens is 1. The molecule has 0 bridgehead atoms. The van der Waals surface area contributed by atoms with E-state index < -0.39 is 0 Å². The van der Waals surface area contributed by atoms with Gasteiger partial charge in [0.15, 0.2) is 23.1 Å². The smallest absolute Gasteiger partial charge is 0.180 e. The first-order chi connectivity index (χ1) is 14.0. The molecule has 2 heterocycles. The average molecular weight is 418 g/mol. The van der Waals surface area contributed by atoms with E-state index in [1.54, 1.807) is 43.4 Å². The van der Waals surface area contributed by atoms with Crippen LogP contribution < -0.4 is 15.2 Å². The summed E-state index contributed by atoms with van der Waals surface area (Å²) in [4.78, 5) is 21.0. The molecule has 0 radical (unpaired) electrons.